The van der Waals surface area contributed by atoms with Gasteiger partial charge in [-0.3, -0.25) is 9.59 Å². The van der Waals surface area contributed by atoms with Crippen molar-refractivity contribution < 1.29 is 9.59 Å². The number of H-pyrrole nitrogens is 1. The molecule has 0 aliphatic heterocycles. The minimum absolute atomic E-state index is 0.248. The van der Waals surface area contributed by atoms with Crippen LogP contribution in [-0.2, 0) is 16.0 Å². The molecule has 0 saturated carbocycles. The van der Waals surface area contributed by atoms with Gasteiger partial charge < -0.3 is 21.8 Å². The number of amides is 2. The summed E-state index contributed by atoms with van der Waals surface area (Å²) in [5.74, 6) is -0.649. The van der Waals surface area contributed by atoms with E-state index in [1.807, 2.05) is 44.3 Å². The van der Waals surface area contributed by atoms with Gasteiger partial charge in [-0.05, 0) is 30.4 Å². The standard InChI is InChI=1S/C17H24N4O2/c1-10(2)7-15(16(19)22)21-17(23)13(18)8-11-9-20-14-6-4-3-5-12(11)14/h3-6,9-10,13,15,20H,7-8,18H2,1-2H3,(H2,19,22)(H,21,23)/t13?,15-/m0/s1. The van der Waals surface area contributed by atoms with Crippen molar-refractivity contribution in [3.05, 3.63) is 36.0 Å². The fourth-order valence-corrected chi connectivity index (χ4v) is 2.63. The van der Waals surface area contributed by atoms with Gasteiger partial charge in [0.15, 0.2) is 0 Å². The summed E-state index contributed by atoms with van der Waals surface area (Å²) in [6.45, 7) is 3.93. The number of rotatable bonds is 7. The highest BCUT2D eigenvalue weighted by molar-refractivity contribution is 5.90. The monoisotopic (exact) mass is 316 g/mol. The summed E-state index contributed by atoms with van der Waals surface area (Å²) in [6, 6.07) is 6.42. The molecule has 0 spiro atoms. The van der Waals surface area contributed by atoms with Crippen LogP contribution in [0.15, 0.2) is 30.5 Å². The number of aromatic nitrogens is 1. The number of hydrogen-bond donors (Lipinski definition) is 4. The third kappa shape index (κ3) is 4.32. The molecule has 23 heavy (non-hydrogen) atoms. The second-order valence-corrected chi connectivity index (χ2v) is 6.26. The van der Waals surface area contributed by atoms with Gasteiger partial charge >= 0.3 is 0 Å². The van der Waals surface area contributed by atoms with Crippen molar-refractivity contribution in [2.45, 2.75) is 38.8 Å². The summed E-state index contributed by atoms with van der Waals surface area (Å²) in [5.41, 5.74) is 13.3. The maximum Gasteiger partial charge on any atom is 0.240 e. The molecule has 1 aromatic carbocycles. The Morgan fingerprint density at radius 3 is 2.61 bits per heavy atom. The SMILES string of the molecule is CC(C)C[C@H](NC(=O)C(N)Cc1c[nH]c2ccccc12)C(N)=O. The van der Waals surface area contributed by atoms with E-state index >= 15 is 0 Å². The van der Waals surface area contributed by atoms with E-state index in [9.17, 15) is 9.59 Å². The molecule has 1 aromatic heterocycles. The number of benzene rings is 1. The van der Waals surface area contributed by atoms with Gasteiger partial charge in [0, 0.05) is 17.1 Å². The summed E-state index contributed by atoms with van der Waals surface area (Å²) in [7, 11) is 0. The Morgan fingerprint density at radius 2 is 1.96 bits per heavy atom. The van der Waals surface area contributed by atoms with Crippen molar-refractivity contribution >= 4 is 22.7 Å². The predicted octanol–water partition coefficient (Wildman–Crippen LogP) is 1.05. The molecule has 0 aliphatic carbocycles. The first-order chi connectivity index (χ1) is 10.9. The average Bonchev–Trinajstić information content (AvgIpc) is 2.89. The molecule has 0 radical (unpaired) electrons. The number of nitrogens with two attached hydrogens (primary N) is 2. The first kappa shape index (κ1) is 17.0. The first-order valence-corrected chi connectivity index (χ1v) is 7.78. The van der Waals surface area contributed by atoms with E-state index < -0.39 is 18.0 Å². The number of para-hydroxylation sites is 1. The molecule has 0 fully saturated rings. The zero-order chi connectivity index (χ0) is 17.0. The molecule has 1 heterocycles. The Bertz CT molecular complexity index is 693. The van der Waals surface area contributed by atoms with Gasteiger partial charge in [-0.2, -0.15) is 0 Å². The number of nitrogens with one attached hydrogen (secondary N) is 2. The van der Waals surface area contributed by atoms with Gasteiger partial charge in [-0.25, -0.2) is 0 Å². The first-order valence-electron chi connectivity index (χ1n) is 7.78. The summed E-state index contributed by atoms with van der Waals surface area (Å²) in [5, 5.41) is 3.71. The Hall–Kier alpha value is -2.34. The topological polar surface area (TPSA) is 114 Å². The van der Waals surface area contributed by atoms with Crippen LogP contribution in [0.2, 0.25) is 0 Å². The van der Waals surface area contributed by atoms with Crippen LogP contribution in [0.3, 0.4) is 0 Å². The minimum Gasteiger partial charge on any atom is -0.368 e. The van der Waals surface area contributed by atoms with Crippen molar-refractivity contribution in [3.63, 3.8) is 0 Å². The highest BCUT2D eigenvalue weighted by atomic mass is 16.2. The van der Waals surface area contributed by atoms with E-state index in [-0.39, 0.29) is 11.8 Å². The quantitative estimate of drug-likeness (QED) is 0.612. The Balaban J connectivity index is 2.03. The maximum atomic E-state index is 12.2. The smallest absolute Gasteiger partial charge is 0.240 e. The van der Waals surface area contributed by atoms with Crippen LogP contribution in [0.5, 0.6) is 0 Å². The number of carbonyl (C=O) groups excluding carboxylic acids is 2. The normalized spacial score (nSPS) is 13.9. The van der Waals surface area contributed by atoms with Gasteiger partial charge in [0.05, 0.1) is 6.04 Å². The summed E-state index contributed by atoms with van der Waals surface area (Å²) < 4.78 is 0. The van der Waals surface area contributed by atoms with Crippen LogP contribution in [0.1, 0.15) is 25.8 Å². The lowest BCUT2D eigenvalue weighted by atomic mass is 10.0. The third-order valence-corrected chi connectivity index (χ3v) is 3.82. The average molecular weight is 316 g/mol. The Kier molecular flexibility index (Phi) is 5.39. The molecule has 2 aromatic rings. The number of fused-ring (bicyclic) bond motifs is 1. The molecule has 124 valence electrons. The zero-order valence-electron chi connectivity index (χ0n) is 13.5. The lowest BCUT2D eigenvalue weighted by Crippen LogP contribution is -2.51. The molecule has 6 nitrogen and oxygen atoms in total. The molecule has 2 atom stereocenters. The molecule has 0 aliphatic rings. The van der Waals surface area contributed by atoms with Gasteiger partial charge in [-0.15, -0.1) is 0 Å². The van der Waals surface area contributed by atoms with E-state index in [1.54, 1.807) is 0 Å². The van der Waals surface area contributed by atoms with Crippen molar-refractivity contribution in [2.75, 3.05) is 0 Å². The molecule has 0 saturated heterocycles. The molecule has 1 unspecified atom stereocenters. The lowest BCUT2D eigenvalue weighted by Gasteiger charge is -2.20. The van der Waals surface area contributed by atoms with Crippen LogP contribution in [0, 0.1) is 5.92 Å². The summed E-state index contributed by atoms with van der Waals surface area (Å²) in [4.78, 5) is 26.9. The fourth-order valence-electron chi connectivity index (χ4n) is 2.63. The Morgan fingerprint density at radius 1 is 1.26 bits per heavy atom. The molecular formula is C17H24N4O2. The van der Waals surface area contributed by atoms with Gasteiger partial charge in [0.2, 0.25) is 11.8 Å². The molecule has 6 heteroatoms. The van der Waals surface area contributed by atoms with Gasteiger partial charge in [0.25, 0.3) is 0 Å². The highest BCUT2D eigenvalue weighted by Crippen LogP contribution is 2.18. The molecule has 2 amide bonds. The number of hydrogen-bond acceptors (Lipinski definition) is 3. The van der Waals surface area contributed by atoms with E-state index in [1.165, 1.54) is 0 Å². The highest BCUT2D eigenvalue weighted by Gasteiger charge is 2.23. The van der Waals surface area contributed by atoms with E-state index in [0.29, 0.717) is 12.8 Å². The second-order valence-electron chi connectivity index (χ2n) is 6.26. The van der Waals surface area contributed by atoms with Crippen molar-refractivity contribution in [3.8, 4) is 0 Å². The lowest BCUT2D eigenvalue weighted by molar-refractivity contribution is -0.128. The number of aromatic amines is 1. The minimum atomic E-state index is -0.733. The Labute approximate surface area is 135 Å². The van der Waals surface area contributed by atoms with E-state index in [4.69, 9.17) is 11.5 Å². The molecule has 0 bridgehead atoms. The molecule has 2 rings (SSSR count). The van der Waals surface area contributed by atoms with Crippen molar-refractivity contribution in [2.24, 2.45) is 17.4 Å². The molecule has 6 N–H and O–H groups in total. The van der Waals surface area contributed by atoms with Crippen LogP contribution in [0.25, 0.3) is 10.9 Å². The maximum absolute atomic E-state index is 12.2. The summed E-state index contributed by atoms with van der Waals surface area (Å²) >= 11 is 0. The summed E-state index contributed by atoms with van der Waals surface area (Å²) in [6.07, 6.45) is 2.75. The van der Waals surface area contributed by atoms with E-state index in [2.05, 4.69) is 10.3 Å². The molecular weight excluding hydrogens is 292 g/mol. The van der Waals surface area contributed by atoms with Crippen LogP contribution < -0.4 is 16.8 Å². The fraction of sp³-hybridized carbons (Fsp3) is 0.412. The van der Waals surface area contributed by atoms with Crippen LogP contribution in [0.4, 0.5) is 0 Å². The number of carbonyl (C=O) groups is 2. The van der Waals surface area contributed by atoms with Crippen LogP contribution in [-0.4, -0.2) is 28.9 Å². The van der Waals surface area contributed by atoms with Gasteiger partial charge in [0.1, 0.15) is 6.04 Å². The predicted molar refractivity (Wildman–Crippen MR) is 90.6 cm³/mol. The largest absolute Gasteiger partial charge is 0.368 e. The van der Waals surface area contributed by atoms with Crippen LogP contribution >= 0.6 is 0 Å². The number of primary amides is 1. The van der Waals surface area contributed by atoms with Gasteiger partial charge in [-0.1, -0.05) is 32.0 Å². The van der Waals surface area contributed by atoms with Crippen molar-refractivity contribution in [1.29, 1.82) is 0 Å². The second kappa shape index (κ2) is 7.28. The zero-order valence-corrected chi connectivity index (χ0v) is 13.5. The van der Waals surface area contributed by atoms with Crippen molar-refractivity contribution in [1.82, 2.24) is 10.3 Å². The van der Waals surface area contributed by atoms with E-state index in [0.717, 1.165) is 16.5 Å². The third-order valence-electron chi connectivity index (χ3n) is 3.82.